The first-order valence-corrected chi connectivity index (χ1v) is 8.44. The molecule has 0 aromatic heterocycles. The molecule has 3 atom stereocenters. The van der Waals surface area contributed by atoms with Gasteiger partial charge >= 0.3 is 0 Å². The molecule has 0 aliphatic carbocycles. The predicted molar refractivity (Wildman–Crippen MR) is 84.5 cm³/mol. The molecule has 20 heavy (non-hydrogen) atoms. The van der Waals surface area contributed by atoms with Gasteiger partial charge < -0.3 is 4.90 Å². The van der Waals surface area contributed by atoms with Crippen molar-refractivity contribution in [1.29, 1.82) is 0 Å². The van der Waals surface area contributed by atoms with E-state index in [1.807, 2.05) is 0 Å². The van der Waals surface area contributed by atoms with Crippen molar-refractivity contribution in [1.82, 2.24) is 4.90 Å². The van der Waals surface area contributed by atoms with Gasteiger partial charge in [-0.25, -0.2) is 0 Å². The molecule has 2 aliphatic rings. The highest BCUT2D eigenvalue weighted by molar-refractivity contribution is 5.80. The summed E-state index contributed by atoms with van der Waals surface area (Å²) in [7, 11) is 0. The average Bonchev–Trinajstić information content (AvgIpc) is 2.47. The maximum atomic E-state index is 13.2. The minimum absolute atomic E-state index is 0.0891. The number of amides is 1. The number of hydrogen-bond donors (Lipinski definition) is 0. The van der Waals surface area contributed by atoms with Crippen LogP contribution in [0.2, 0.25) is 0 Å². The molecule has 116 valence electrons. The fourth-order valence-corrected chi connectivity index (χ4v) is 4.21. The third-order valence-electron chi connectivity index (χ3n) is 5.37. The summed E-state index contributed by atoms with van der Waals surface area (Å²) < 4.78 is 0. The van der Waals surface area contributed by atoms with Gasteiger partial charge in [0.25, 0.3) is 0 Å². The largest absolute Gasteiger partial charge is 0.336 e. The zero-order chi connectivity index (χ0) is 15.1. The summed E-state index contributed by atoms with van der Waals surface area (Å²) in [6.07, 6.45) is 7.19. The fourth-order valence-electron chi connectivity index (χ4n) is 4.21. The smallest absolute Gasteiger partial charge is 0.226 e. The summed E-state index contributed by atoms with van der Waals surface area (Å²) in [5.74, 6) is 0.648. The van der Waals surface area contributed by atoms with Crippen LogP contribution in [0.1, 0.15) is 80.1 Å². The summed E-state index contributed by atoms with van der Waals surface area (Å²) in [4.78, 5) is 15.5. The van der Waals surface area contributed by atoms with Gasteiger partial charge in [0.05, 0.1) is 0 Å². The number of rotatable bonds is 0. The second-order valence-corrected chi connectivity index (χ2v) is 9.06. The van der Waals surface area contributed by atoms with Crippen molar-refractivity contribution in [3.8, 4) is 0 Å². The van der Waals surface area contributed by atoms with Crippen LogP contribution in [0.3, 0.4) is 0 Å². The lowest BCUT2D eigenvalue weighted by molar-refractivity contribution is -0.148. The Kier molecular flexibility index (Phi) is 4.24. The Hall–Kier alpha value is -0.530. The Balaban J connectivity index is 2.33. The normalized spacial score (nSPS) is 32.8. The molecule has 3 unspecified atom stereocenters. The third-order valence-corrected chi connectivity index (χ3v) is 5.37. The number of hydrogen-bond acceptors (Lipinski definition) is 1. The second kappa shape index (κ2) is 5.35. The molecule has 2 saturated heterocycles. The van der Waals surface area contributed by atoms with Crippen molar-refractivity contribution in [2.75, 3.05) is 0 Å². The summed E-state index contributed by atoms with van der Waals surface area (Å²) in [5.41, 5.74) is 0.285. The molecule has 2 heteroatoms. The van der Waals surface area contributed by atoms with Crippen LogP contribution in [-0.2, 0) is 4.79 Å². The first-order valence-electron chi connectivity index (χ1n) is 8.44. The summed E-state index contributed by atoms with van der Waals surface area (Å²) >= 11 is 0. The zero-order valence-corrected chi connectivity index (χ0v) is 14.3. The number of carbonyl (C=O) groups excluding carboxylic acids is 1. The molecule has 0 radical (unpaired) electrons. The van der Waals surface area contributed by atoms with Gasteiger partial charge in [0.2, 0.25) is 5.91 Å². The van der Waals surface area contributed by atoms with Gasteiger partial charge in [0.1, 0.15) is 0 Å². The van der Waals surface area contributed by atoms with E-state index in [1.54, 1.807) is 0 Å². The second-order valence-electron chi connectivity index (χ2n) is 9.06. The van der Waals surface area contributed by atoms with Crippen LogP contribution in [0.15, 0.2) is 0 Å². The van der Waals surface area contributed by atoms with E-state index in [4.69, 9.17) is 0 Å². The predicted octanol–water partition coefficient (Wildman–Crippen LogP) is 4.63. The number of piperidine rings is 1. The van der Waals surface area contributed by atoms with Crippen LogP contribution in [0.25, 0.3) is 0 Å². The van der Waals surface area contributed by atoms with E-state index in [-0.39, 0.29) is 16.7 Å². The highest BCUT2D eigenvalue weighted by atomic mass is 16.2. The topological polar surface area (TPSA) is 20.3 Å². The standard InChI is InChI=1S/C18H33NO/c1-17(2,3)14-11-7-9-13-10-8-12-15(18(4,5)6)19(13)16(14)20/h13-15H,7-12H2,1-6H3. The Morgan fingerprint density at radius 2 is 1.40 bits per heavy atom. The number of carbonyl (C=O) groups is 1. The van der Waals surface area contributed by atoms with E-state index >= 15 is 0 Å². The SMILES string of the molecule is CC(C)(C)C1CCCC2CCCC(C(C)(C)C)N2C1=O. The van der Waals surface area contributed by atoms with E-state index in [9.17, 15) is 4.79 Å². The molecule has 0 saturated carbocycles. The monoisotopic (exact) mass is 279 g/mol. The van der Waals surface area contributed by atoms with E-state index in [1.165, 1.54) is 32.1 Å². The lowest BCUT2D eigenvalue weighted by Gasteiger charge is -2.49. The molecule has 0 N–H and O–H groups in total. The molecule has 0 spiro atoms. The lowest BCUT2D eigenvalue weighted by Crippen LogP contribution is -2.56. The van der Waals surface area contributed by atoms with Crippen molar-refractivity contribution in [3.63, 3.8) is 0 Å². The zero-order valence-electron chi connectivity index (χ0n) is 14.3. The van der Waals surface area contributed by atoms with Crippen LogP contribution >= 0.6 is 0 Å². The lowest BCUT2D eigenvalue weighted by atomic mass is 9.75. The molecule has 0 aromatic rings. The van der Waals surface area contributed by atoms with Gasteiger partial charge in [-0.05, 0) is 42.9 Å². The van der Waals surface area contributed by atoms with Gasteiger partial charge in [0.15, 0.2) is 0 Å². The highest BCUT2D eigenvalue weighted by Crippen LogP contribution is 2.42. The van der Waals surface area contributed by atoms with Crippen molar-refractivity contribution in [3.05, 3.63) is 0 Å². The molecular formula is C18H33NO. The van der Waals surface area contributed by atoms with Gasteiger partial charge in [-0.15, -0.1) is 0 Å². The Labute approximate surface area is 125 Å². The quantitative estimate of drug-likeness (QED) is 0.633. The number of nitrogens with zero attached hydrogens (tertiary/aromatic N) is 1. The molecular weight excluding hydrogens is 246 g/mol. The maximum Gasteiger partial charge on any atom is 0.226 e. The molecule has 2 heterocycles. The highest BCUT2D eigenvalue weighted by Gasteiger charge is 2.45. The molecule has 0 bridgehead atoms. The minimum Gasteiger partial charge on any atom is -0.336 e. The Morgan fingerprint density at radius 1 is 0.850 bits per heavy atom. The molecule has 1 amide bonds. The fraction of sp³-hybridized carbons (Fsp3) is 0.944. The van der Waals surface area contributed by atoms with E-state index in [2.05, 4.69) is 46.4 Å². The van der Waals surface area contributed by atoms with Crippen LogP contribution in [0, 0.1) is 16.7 Å². The molecule has 2 aliphatic heterocycles. The first kappa shape index (κ1) is 15.9. The van der Waals surface area contributed by atoms with Gasteiger partial charge in [-0.2, -0.15) is 0 Å². The van der Waals surface area contributed by atoms with Crippen LogP contribution in [0.4, 0.5) is 0 Å². The van der Waals surface area contributed by atoms with E-state index in [0.29, 0.717) is 18.0 Å². The van der Waals surface area contributed by atoms with Crippen molar-refractivity contribution in [2.24, 2.45) is 16.7 Å². The maximum absolute atomic E-state index is 13.2. The molecule has 2 rings (SSSR count). The van der Waals surface area contributed by atoms with Crippen molar-refractivity contribution >= 4 is 5.91 Å². The van der Waals surface area contributed by atoms with Gasteiger partial charge in [0, 0.05) is 18.0 Å². The first-order chi connectivity index (χ1) is 9.12. The minimum atomic E-state index is 0.0891. The van der Waals surface area contributed by atoms with Crippen LogP contribution < -0.4 is 0 Å². The van der Waals surface area contributed by atoms with Crippen LogP contribution in [-0.4, -0.2) is 22.9 Å². The third kappa shape index (κ3) is 3.04. The van der Waals surface area contributed by atoms with Gasteiger partial charge in [-0.3, -0.25) is 4.79 Å². The van der Waals surface area contributed by atoms with E-state index in [0.717, 1.165) is 6.42 Å². The van der Waals surface area contributed by atoms with Crippen LogP contribution in [0.5, 0.6) is 0 Å². The average molecular weight is 279 g/mol. The summed E-state index contributed by atoms with van der Waals surface area (Å²) in [6.45, 7) is 13.6. The number of fused-ring (bicyclic) bond motifs is 1. The molecule has 2 fully saturated rings. The van der Waals surface area contributed by atoms with Crippen molar-refractivity contribution in [2.45, 2.75) is 92.2 Å². The Bertz CT molecular complexity index is 361. The molecule has 0 aromatic carbocycles. The summed E-state index contributed by atoms with van der Waals surface area (Å²) in [5, 5.41) is 0. The summed E-state index contributed by atoms with van der Waals surface area (Å²) in [6, 6.07) is 0.935. The Morgan fingerprint density at radius 3 is 1.90 bits per heavy atom. The molecule has 2 nitrogen and oxygen atoms in total. The van der Waals surface area contributed by atoms with Gasteiger partial charge in [-0.1, -0.05) is 48.0 Å². The van der Waals surface area contributed by atoms with Crippen molar-refractivity contribution < 1.29 is 4.79 Å². The van der Waals surface area contributed by atoms with E-state index < -0.39 is 0 Å².